The number of carbonyl (C=O) groups is 5. The molecular weight excluding hydrogens is 634 g/mol. The summed E-state index contributed by atoms with van der Waals surface area (Å²) in [6.07, 6.45) is -5.62. The van der Waals surface area contributed by atoms with E-state index in [1.165, 1.54) is 7.11 Å². The minimum atomic E-state index is -1.90. The smallest absolute Gasteiger partial charge is 0.408 e. The fourth-order valence-corrected chi connectivity index (χ4v) is 3.58. The molecular formula is C33H45NO14. The van der Waals surface area contributed by atoms with Gasteiger partial charge < -0.3 is 53.5 Å². The van der Waals surface area contributed by atoms with Crippen molar-refractivity contribution in [2.75, 3.05) is 34.5 Å². The van der Waals surface area contributed by atoms with Crippen molar-refractivity contribution in [1.82, 2.24) is 5.32 Å². The summed E-state index contributed by atoms with van der Waals surface area (Å²) in [5, 5.41) is 20.2. The van der Waals surface area contributed by atoms with Gasteiger partial charge in [0, 0.05) is 0 Å². The van der Waals surface area contributed by atoms with Crippen LogP contribution >= 0.6 is 0 Å². The molecule has 1 amide bonds. The van der Waals surface area contributed by atoms with E-state index < -0.39 is 60.1 Å². The fourth-order valence-electron chi connectivity index (χ4n) is 3.58. The minimum Gasteiger partial charge on any atom is -0.467 e. The number of hydrogen-bond donors (Lipinski definition) is 3. The summed E-state index contributed by atoms with van der Waals surface area (Å²) in [4.78, 5) is 57.3. The number of aldehydes is 1. The molecule has 2 aromatic rings. The van der Waals surface area contributed by atoms with Crippen LogP contribution in [-0.4, -0.2) is 111 Å². The largest absolute Gasteiger partial charge is 0.467 e. The van der Waals surface area contributed by atoms with Gasteiger partial charge >= 0.3 is 24.0 Å². The van der Waals surface area contributed by atoms with Crippen molar-refractivity contribution in [1.29, 1.82) is 0 Å². The van der Waals surface area contributed by atoms with Crippen LogP contribution in [0.25, 0.3) is 0 Å². The number of methoxy groups -OCH3 is 3. The number of ether oxygens (including phenoxy) is 7. The van der Waals surface area contributed by atoms with E-state index in [2.05, 4.69) is 14.8 Å². The maximum absolute atomic E-state index is 12.2. The van der Waals surface area contributed by atoms with Gasteiger partial charge in [0.25, 0.3) is 0 Å². The Bertz CT molecular complexity index is 1230. The van der Waals surface area contributed by atoms with E-state index in [1.54, 1.807) is 20.8 Å². The van der Waals surface area contributed by atoms with Crippen molar-refractivity contribution >= 4 is 30.3 Å². The first-order chi connectivity index (χ1) is 22.8. The molecule has 2 aromatic carbocycles. The van der Waals surface area contributed by atoms with Crippen LogP contribution in [0.4, 0.5) is 4.79 Å². The Morgan fingerprint density at radius 2 is 1.19 bits per heavy atom. The standard InChI is InChI=1S/C27H35NO8.C6H10O6/c1-27(2,3)36-26(31)28-22(25(30)32-4)18-33-19-24(35-17-21-13-9-6-10-14-21)23(15-29)34-16-20-11-7-5-8-12-20;1-11-5(9)3(7)4(8)6(10)12-2/h5-15,22-24H,16-19H2,1-4H3,(H,28,31);3-4,7-8H,1-2H3/t22-,23-,24-;3-,4-/m01/s1. The topological polar surface area (TPSA) is 202 Å². The van der Waals surface area contributed by atoms with Crippen molar-refractivity contribution in [3.63, 3.8) is 0 Å². The number of aliphatic hydroxyl groups is 2. The average molecular weight is 680 g/mol. The quantitative estimate of drug-likeness (QED) is 0.123. The van der Waals surface area contributed by atoms with E-state index in [0.29, 0.717) is 6.29 Å². The van der Waals surface area contributed by atoms with Crippen LogP contribution in [0.5, 0.6) is 0 Å². The molecule has 0 aliphatic heterocycles. The highest BCUT2D eigenvalue weighted by Gasteiger charge is 2.32. The molecule has 0 unspecified atom stereocenters. The van der Waals surface area contributed by atoms with Gasteiger partial charge in [-0.2, -0.15) is 0 Å². The van der Waals surface area contributed by atoms with E-state index in [9.17, 15) is 24.0 Å². The van der Waals surface area contributed by atoms with Crippen molar-refractivity contribution in [3.8, 4) is 0 Å². The Hall–Kier alpha value is -4.41. The molecule has 15 nitrogen and oxygen atoms in total. The summed E-state index contributed by atoms with van der Waals surface area (Å²) in [5.74, 6) is -2.88. The second kappa shape index (κ2) is 22.2. The highest BCUT2D eigenvalue weighted by molar-refractivity contribution is 5.85. The molecule has 3 N–H and O–H groups in total. The van der Waals surface area contributed by atoms with E-state index in [-0.39, 0.29) is 26.4 Å². The van der Waals surface area contributed by atoms with Crippen molar-refractivity contribution in [2.24, 2.45) is 0 Å². The Labute approximate surface area is 279 Å². The molecule has 0 aliphatic carbocycles. The van der Waals surface area contributed by atoms with Crippen LogP contribution in [0.1, 0.15) is 31.9 Å². The lowest BCUT2D eigenvalue weighted by molar-refractivity contribution is -0.169. The van der Waals surface area contributed by atoms with Crippen LogP contribution in [0.15, 0.2) is 60.7 Å². The zero-order valence-corrected chi connectivity index (χ0v) is 27.9. The molecule has 0 fully saturated rings. The number of nitrogens with one attached hydrogen (secondary N) is 1. The Morgan fingerprint density at radius 1 is 0.729 bits per heavy atom. The summed E-state index contributed by atoms with van der Waals surface area (Å²) in [7, 11) is 3.25. The number of alkyl carbamates (subject to hydrolysis) is 1. The Balaban J connectivity index is 0.000000813. The maximum Gasteiger partial charge on any atom is 0.408 e. The second-order valence-electron chi connectivity index (χ2n) is 10.9. The van der Waals surface area contributed by atoms with Gasteiger partial charge in [0.15, 0.2) is 24.5 Å². The zero-order chi connectivity index (χ0) is 36.1. The van der Waals surface area contributed by atoms with Gasteiger partial charge in [-0.05, 0) is 31.9 Å². The molecule has 0 bridgehead atoms. The predicted octanol–water partition coefficient (Wildman–Crippen LogP) is 1.49. The molecule has 0 aromatic heterocycles. The lowest BCUT2D eigenvalue weighted by atomic mass is 10.2. The van der Waals surface area contributed by atoms with Gasteiger partial charge in [0.2, 0.25) is 0 Å². The highest BCUT2D eigenvalue weighted by atomic mass is 16.6. The third-order valence-electron chi connectivity index (χ3n) is 6.02. The third kappa shape index (κ3) is 16.4. The van der Waals surface area contributed by atoms with E-state index in [4.69, 9.17) is 33.9 Å². The summed E-state index contributed by atoms with van der Waals surface area (Å²) in [6.45, 7) is 5.26. The molecule has 5 atom stereocenters. The molecule has 48 heavy (non-hydrogen) atoms. The lowest BCUT2D eigenvalue weighted by Crippen LogP contribution is -2.47. The molecule has 0 saturated heterocycles. The SMILES string of the molecule is COC(=O)[C@H](COC[C@H](OCc1ccccc1)[C@H](C=O)OCc1ccccc1)NC(=O)OC(C)(C)C.COC(=O)[C@H](O)[C@@H](O)C(=O)OC. The maximum atomic E-state index is 12.2. The number of hydrogen-bond acceptors (Lipinski definition) is 14. The van der Waals surface area contributed by atoms with Crippen LogP contribution < -0.4 is 5.32 Å². The predicted molar refractivity (Wildman–Crippen MR) is 168 cm³/mol. The number of esters is 3. The average Bonchev–Trinajstić information content (AvgIpc) is 3.08. The van der Waals surface area contributed by atoms with Gasteiger partial charge in [0.05, 0.1) is 47.8 Å². The lowest BCUT2D eigenvalue weighted by Gasteiger charge is -2.25. The van der Waals surface area contributed by atoms with Crippen LogP contribution in [0.2, 0.25) is 0 Å². The highest BCUT2D eigenvalue weighted by Crippen LogP contribution is 2.12. The molecule has 15 heteroatoms. The molecule has 0 radical (unpaired) electrons. The Kier molecular flexibility index (Phi) is 19.3. The van der Waals surface area contributed by atoms with Gasteiger partial charge in [-0.3, -0.25) is 0 Å². The zero-order valence-electron chi connectivity index (χ0n) is 27.9. The van der Waals surface area contributed by atoms with Gasteiger partial charge in [-0.1, -0.05) is 60.7 Å². The van der Waals surface area contributed by atoms with Gasteiger partial charge in [-0.15, -0.1) is 0 Å². The van der Waals surface area contributed by atoms with Gasteiger partial charge in [-0.25, -0.2) is 19.2 Å². The normalized spacial score (nSPS) is 14.0. The summed E-state index contributed by atoms with van der Waals surface area (Å²) < 4.78 is 35.6. The van der Waals surface area contributed by atoms with E-state index in [1.807, 2.05) is 60.7 Å². The second-order valence-corrected chi connectivity index (χ2v) is 10.9. The van der Waals surface area contributed by atoms with Crippen molar-refractivity contribution in [2.45, 2.75) is 70.0 Å². The van der Waals surface area contributed by atoms with Gasteiger partial charge in [0.1, 0.15) is 17.8 Å². The number of benzene rings is 2. The molecule has 0 heterocycles. The van der Waals surface area contributed by atoms with E-state index in [0.717, 1.165) is 25.3 Å². The molecule has 0 saturated carbocycles. The number of carbonyl (C=O) groups excluding carboxylic acids is 5. The first-order valence-electron chi connectivity index (χ1n) is 14.7. The summed E-state index contributed by atoms with van der Waals surface area (Å²) in [6, 6.07) is 17.8. The molecule has 0 aliphatic rings. The monoisotopic (exact) mass is 679 g/mol. The third-order valence-corrected chi connectivity index (χ3v) is 6.02. The Morgan fingerprint density at radius 3 is 1.60 bits per heavy atom. The number of rotatable bonds is 17. The van der Waals surface area contributed by atoms with E-state index >= 15 is 0 Å². The van der Waals surface area contributed by atoms with Crippen LogP contribution in [-0.2, 0) is 65.5 Å². The van der Waals surface area contributed by atoms with Crippen molar-refractivity contribution in [3.05, 3.63) is 71.8 Å². The van der Waals surface area contributed by atoms with Crippen LogP contribution in [0.3, 0.4) is 0 Å². The molecule has 2 rings (SSSR count). The molecule has 266 valence electrons. The summed E-state index contributed by atoms with van der Waals surface area (Å²) in [5.41, 5.74) is 1.07. The summed E-state index contributed by atoms with van der Waals surface area (Å²) >= 11 is 0. The molecule has 0 spiro atoms. The van der Waals surface area contributed by atoms with Crippen LogP contribution in [0, 0.1) is 0 Å². The first kappa shape index (κ1) is 41.6. The number of aliphatic hydroxyl groups excluding tert-OH is 2. The fraction of sp³-hybridized carbons (Fsp3) is 0.485. The number of amides is 1. The minimum absolute atomic E-state index is 0.0749. The van der Waals surface area contributed by atoms with Crippen molar-refractivity contribution < 1.29 is 67.3 Å². The first-order valence-corrected chi connectivity index (χ1v) is 14.7.